The van der Waals surface area contributed by atoms with Crippen LogP contribution < -0.4 is 11.3 Å². The van der Waals surface area contributed by atoms with Crippen molar-refractivity contribution in [3.63, 3.8) is 0 Å². The molecule has 0 saturated carbocycles. The molecule has 84 valence electrons. The van der Waals surface area contributed by atoms with E-state index in [-0.39, 0.29) is 6.04 Å². The zero-order chi connectivity index (χ0) is 11.4. The summed E-state index contributed by atoms with van der Waals surface area (Å²) in [6.45, 7) is 0. The molecule has 0 aliphatic rings. The highest BCUT2D eigenvalue weighted by Gasteiger charge is 2.12. The summed E-state index contributed by atoms with van der Waals surface area (Å²) in [7, 11) is 0. The van der Waals surface area contributed by atoms with Crippen molar-refractivity contribution in [3.05, 3.63) is 44.5 Å². The van der Waals surface area contributed by atoms with Crippen molar-refractivity contribution < 1.29 is 0 Å². The Bertz CT molecular complexity index is 429. The van der Waals surface area contributed by atoms with Gasteiger partial charge in [-0.05, 0) is 58.2 Å². The molecule has 4 nitrogen and oxygen atoms in total. The monoisotopic (exact) mass is 346 g/mol. The lowest BCUT2D eigenvalue weighted by molar-refractivity contribution is 0.537. The standard InChI is InChI=1S/C10H11IN4S/c11-8-3-1-7(2-4-8)5-9(13-12)10-6-16-15-14-10/h1-4,6,9,13H,5,12H2. The lowest BCUT2D eigenvalue weighted by Gasteiger charge is -2.12. The van der Waals surface area contributed by atoms with Crippen LogP contribution in [0.15, 0.2) is 29.6 Å². The first-order valence-electron chi connectivity index (χ1n) is 4.77. The number of nitrogens with zero attached hydrogens (tertiary/aromatic N) is 2. The van der Waals surface area contributed by atoms with Gasteiger partial charge in [-0.15, -0.1) is 5.10 Å². The molecule has 1 unspecified atom stereocenters. The van der Waals surface area contributed by atoms with Crippen LogP contribution in [0.2, 0.25) is 0 Å². The Morgan fingerprint density at radius 3 is 2.69 bits per heavy atom. The molecule has 0 aliphatic carbocycles. The van der Waals surface area contributed by atoms with Gasteiger partial charge >= 0.3 is 0 Å². The van der Waals surface area contributed by atoms with E-state index in [2.05, 4.69) is 61.9 Å². The summed E-state index contributed by atoms with van der Waals surface area (Å²) in [6, 6.07) is 8.41. The fraction of sp³-hybridized carbons (Fsp3) is 0.200. The van der Waals surface area contributed by atoms with E-state index in [0.29, 0.717) is 0 Å². The first-order valence-corrected chi connectivity index (χ1v) is 6.68. The van der Waals surface area contributed by atoms with Gasteiger partial charge in [0.25, 0.3) is 0 Å². The first kappa shape index (κ1) is 11.9. The van der Waals surface area contributed by atoms with Gasteiger partial charge in [-0.3, -0.25) is 11.3 Å². The zero-order valence-electron chi connectivity index (χ0n) is 8.43. The smallest absolute Gasteiger partial charge is 0.0941 e. The number of nitrogens with two attached hydrogens (primary N) is 1. The van der Waals surface area contributed by atoms with E-state index in [9.17, 15) is 0 Å². The third-order valence-electron chi connectivity index (χ3n) is 2.29. The van der Waals surface area contributed by atoms with E-state index < -0.39 is 0 Å². The predicted molar refractivity (Wildman–Crippen MR) is 72.8 cm³/mol. The van der Waals surface area contributed by atoms with Crippen LogP contribution in [0.4, 0.5) is 0 Å². The van der Waals surface area contributed by atoms with Crippen molar-refractivity contribution in [1.82, 2.24) is 15.0 Å². The largest absolute Gasteiger partial charge is 0.271 e. The Balaban J connectivity index is 2.10. The number of aromatic nitrogens is 2. The maximum absolute atomic E-state index is 5.53. The summed E-state index contributed by atoms with van der Waals surface area (Å²) in [4.78, 5) is 0. The van der Waals surface area contributed by atoms with Crippen molar-refractivity contribution in [2.24, 2.45) is 5.84 Å². The molecule has 1 aromatic heterocycles. The number of hydrogen-bond acceptors (Lipinski definition) is 5. The van der Waals surface area contributed by atoms with Crippen molar-refractivity contribution in [2.45, 2.75) is 12.5 Å². The van der Waals surface area contributed by atoms with Gasteiger partial charge in [0.05, 0.1) is 11.7 Å². The molecule has 1 atom stereocenters. The molecular formula is C10H11IN4S. The van der Waals surface area contributed by atoms with Crippen LogP contribution in [-0.2, 0) is 6.42 Å². The molecule has 1 aromatic carbocycles. The van der Waals surface area contributed by atoms with Crippen molar-refractivity contribution >= 4 is 34.1 Å². The fourth-order valence-electron chi connectivity index (χ4n) is 1.43. The molecule has 0 amide bonds. The zero-order valence-corrected chi connectivity index (χ0v) is 11.4. The SMILES string of the molecule is NNC(Cc1ccc(I)cc1)c1csnn1. The predicted octanol–water partition coefficient (Wildman–Crippen LogP) is 1.89. The van der Waals surface area contributed by atoms with E-state index in [1.54, 1.807) is 0 Å². The van der Waals surface area contributed by atoms with Crippen LogP contribution in [0.25, 0.3) is 0 Å². The molecule has 1 heterocycles. The summed E-state index contributed by atoms with van der Waals surface area (Å²) >= 11 is 3.63. The van der Waals surface area contributed by atoms with Gasteiger partial charge in [0.2, 0.25) is 0 Å². The molecule has 3 N–H and O–H groups in total. The minimum atomic E-state index is 0.0267. The number of halogens is 1. The molecule has 0 saturated heterocycles. The Morgan fingerprint density at radius 2 is 2.12 bits per heavy atom. The van der Waals surface area contributed by atoms with Crippen molar-refractivity contribution in [1.29, 1.82) is 0 Å². The summed E-state index contributed by atoms with van der Waals surface area (Å²) in [5.41, 5.74) is 4.90. The summed E-state index contributed by atoms with van der Waals surface area (Å²) < 4.78 is 5.07. The maximum atomic E-state index is 5.53. The number of hydrazine groups is 1. The lowest BCUT2D eigenvalue weighted by Crippen LogP contribution is -2.29. The Hall–Kier alpha value is -0.570. The van der Waals surface area contributed by atoms with E-state index in [1.165, 1.54) is 20.7 Å². The molecule has 0 bridgehead atoms. The van der Waals surface area contributed by atoms with Crippen LogP contribution >= 0.6 is 34.1 Å². The quantitative estimate of drug-likeness (QED) is 0.504. The van der Waals surface area contributed by atoms with Gasteiger partial charge in [-0.1, -0.05) is 16.6 Å². The first-order chi connectivity index (χ1) is 7.79. The highest BCUT2D eigenvalue weighted by atomic mass is 127. The molecule has 6 heteroatoms. The highest BCUT2D eigenvalue weighted by Crippen LogP contribution is 2.17. The number of benzene rings is 1. The average molecular weight is 346 g/mol. The van der Waals surface area contributed by atoms with Crippen molar-refractivity contribution in [3.8, 4) is 0 Å². The molecule has 2 aromatic rings. The van der Waals surface area contributed by atoms with Gasteiger partial charge in [-0.25, -0.2) is 0 Å². The third-order valence-corrected chi connectivity index (χ3v) is 3.53. The molecule has 0 radical (unpaired) electrons. The fourth-order valence-corrected chi connectivity index (χ4v) is 2.30. The summed E-state index contributed by atoms with van der Waals surface area (Å²) in [5, 5.41) is 5.94. The second-order valence-electron chi connectivity index (χ2n) is 3.38. The van der Waals surface area contributed by atoms with E-state index >= 15 is 0 Å². The molecule has 0 spiro atoms. The van der Waals surface area contributed by atoms with E-state index in [4.69, 9.17) is 5.84 Å². The third kappa shape index (κ3) is 2.97. The maximum Gasteiger partial charge on any atom is 0.0941 e. The van der Waals surface area contributed by atoms with Gasteiger partial charge in [0, 0.05) is 8.95 Å². The van der Waals surface area contributed by atoms with Crippen LogP contribution in [0.1, 0.15) is 17.3 Å². The number of nitrogens with one attached hydrogen (secondary N) is 1. The van der Waals surface area contributed by atoms with Crippen molar-refractivity contribution in [2.75, 3.05) is 0 Å². The highest BCUT2D eigenvalue weighted by molar-refractivity contribution is 14.1. The van der Waals surface area contributed by atoms with Gasteiger partial charge in [-0.2, -0.15) is 0 Å². The number of hydrogen-bond donors (Lipinski definition) is 2. The topological polar surface area (TPSA) is 63.8 Å². The Labute approximate surface area is 112 Å². The summed E-state index contributed by atoms with van der Waals surface area (Å²) in [5.74, 6) is 5.53. The van der Waals surface area contributed by atoms with Gasteiger partial charge < -0.3 is 0 Å². The normalized spacial score (nSPS) is 12.6. The van der Waals surface area contributed by atoms with Gasteiger partial charge in [0.15, 0.2) is 0 Å². The molecule has 2 rings (SSSR count). The minimum Gasteiger partial charge on any atom is -0.271 e. The summed E-state index contributed by atoms with van der Waals surface area (Å²) in [6.07, 6.45) is 0.818. The molecule has 0 aliphatic heterocycles. The minimum absolute atomic E-state index is 0.0267. The van der Waals surface area contributed by atoms with Crippen LogP contribution in [0, 0.1) is 3.57 Å². The Kier molecular flexibility index (Phi) is 4.22. The van der Waals surface area contributed by atoms with Gasteiger partial charge in [0.1, 0.15) is 0 Å². The van der Waals surface area contributed by atoms with Crippen LogP contribution in [-0.4, -0.2) is 9.59 Å². The second kappa shape index (κ2) is 5.67. The molecule has 0 fully saturated rings. The molecule has 16 heavy (non-hydrogen) atoms. The van der Waals surface area contributed by atoms with Crippen LogP contribution in [0.5, 0.6) is 0 Å². The average Bonchev–Trinajstić information content (AvgIpc) is 2.82. The second-order valence-corrected chi connectivity index (χ2v) is 5.24. The van der Waals surface area contributed by atoms with E-state index in [1.807, 2.05) is 5.38 Å². The number of rotatable bonds is 4. The molecular weight excluding hydrogens is 335 g/mol. The lowest BCUT2D eigenvalue weighted by atomic mass is 10.0. The van der Waals surface area contributed by atoms with Crippen LogP contribution in [0.3, 0.4) is 0 Å². The Morgan fingerprint density at radius 1 is 1.38 bits per heavy atom. The van der Waals surface area contributed by atoms with E-state index in [0.717, 1.165) is 12.1 Å².